The fraction of sp³-hybridized carbons (Fsp3) is 0.591. The summed E-state index contributed by atoms with van der Waals surface area (Å²) in [5.41, 5.74) is 6.38. The number of ketones is 1. The van der Waals surface area contributed by atoms with Crippen LogP contribution in [0, 0.1) is 0 Å². The number of carboxylic acid groups (broad SMARTS) is 1. The second-order valence-electron chi connectivity index (χ2n) is 8.07. The third kappa shape index (κ3) is 3.81. The van der Waals surface area contributed by atoms with Crippen LogP contribution < -0.4 is 5.73 Å². The fourth-order valence-corrected chi connectivity index (χ4v) is 4.88. The molecule has 0 saturated heterocycles. The van der Waals surface area contributed by atoms with Gasteiger partial charge in [0.1, 0.15) is 11.6 Å². The molecule has 0 spiro atoms. The Balaban J connectivity index is 2.22. The van der Waals surface area contributed by atoms with Gasteiger partial charge in [-0.1, -0.05) is 43.5 Å². The maximum atomic E-state index is 13.3. The van der Waals surface area contributed by atoms with Gasteiger partial charge in [0.15, 0.2) is 5.78 Å². The van der Waals surface area contributed by atoms with E-state index in [2.05, 4.69) is 0 Å². The second kappa shape index (κ2) is 8.63. The fourth-order valence-electron chi connectivity index (χ4n) is 4.88. The predicted octanol–water partition coefficient (Wildman–Crippen LogP) is 2.22. The largest absolute Gasteiger partial charge is 0.480 e. The predicted molar refractivity (Wildman–Crippen MR) is 107 cm³/mol. The summed E-state index contributed by atoms with van der Waals surface area (Å²) in [4.78, 5) is 40.5. The first-order valence-electron chi connectivity index (χ1n) is 10.4. The van der Waals surface area contributed by atoms with Crippen molar-refractivity contribution >= 4 is 17.7 Å². The summed E-state index contributed by atoms with van der Waals surface area (Å²) in [5, 5.41) is 10.1. The summed E-state index contributed by atoms with van der Waals surface area (Å²) in [6.45, 7) is 3.54. The summed E-state index contributed by atoms with van der Waals surface area (Å²) >= 11 is 0. The van der Waals surface area contributed by atoms with Gasteiger partial charge in [0.25, 0.3) is 0 Å². The molecule has 1 aliphatic carbocycles. The molecular formula is C22H30N2O5. The van der Waals surface area contributed by atoms with Crippen molar-refractivity contribution in [1.82, 2.24) is 4.90 Å². The van der Waals surface area contributed by atoms with Gasteiger partial charge >= 0.3 is 11.9 Å². The van der Waals surface area contributed by atoms with Crippen LogP contribution in [0.5, 0.6) is 0 Å². The van der Waals surface area contributed by atoms with E-state index in [1.165, 1.54) is 0 Å². The Kier molecular flexibility index (Phi) is 6.39. The Labute approximate surface area is 171 Å². The van der Waals surface area contributed by atoms with Gasteiger partial charge in [0.05, 0.1) is 18.7 Å². The highest BCUT2D eigenvalue weighted by Gasteiger charge is 2.56. The molecule has 158 valence electrons. The van der Waals surface area contributed by atoms with E-state index in [1.54, 1.807) is 18.7 Å². The molecule has 0 aromatic heterocycles. The number of aliphatic carboxylic acids is 1. The first-order chi connectivity index (χ1) is 13.8. The van der Waals surface area contributed by atoms with Crippen molar-refractivity contribution in [2.75, 3.05) is 6.61 Å². The first-order valence-corrected chi connectivity index (χ1v) is 10.4. The molecule has 1 fully saturated rings. The quantitative estimate of drug-likeness (QED) is 0.702. The number of esters is 1. The molecular weight excluding hydrogens is 372 g/mol. The van der Waals surface area contributed by atoms with Gasteiger partial charge in [-0.05, 0) is 44.2 Å². The maximum Gasteiger partial charge on any atom is 0.326 e. The number of Topliss-reactive ketones (excluding diaryl/α,β-unsaturated/α-hetero) is 1. The number of hydrogen-bond acceptors (Lipinski definition) is 6. The summed E-state index contributed by atoms with van der Waals surface area (Å²) < 4.78 is 5.43. The third-order valence-corrected chi connectivity index (χ3v) is 6.21. The van der Waals surface area contributed by atoms with E-state index in [9.17, 15) is 19.5 Å². The van der Waals surface area contributed by atoms with Gasteiger partial charge in [0.2, 0.25) is 0 Å². The average Bonchev–Trinajstić information content (AvgIpc) is 2.72. The highest BCUT2D eigenvalue weighted by Crippen LogP contribution is 2.45. The van der Waals surface area contributed by atoms with Crippen molar-refractivity contribution in [2.24, 2.45) is 5.73 Å². The molecule has 1 aromatic rings. The Morgan fingerprint density at radius 1 is 1.24 bits per heavy atom. The number of ether oxygens (including phenoxy) is 1. The standard InChI is InChI=1S/C22H30N2O5/c1-3-29-21(28)22(11-7-4-8-12-22)24-17(20(26)27)13-15-9-5-6-10-16(15)18(24)19(25)14(2)23/h5-6,9-10,14,17-18H,3-4,7-8,11-13,23H2,1-2H3,(H,26,27). The first kappa shape index (κ1) is 21.5. The van der Waals surface area contributed by atoms with Crippen LogP contribution in [0.2, 0.25) is 0 Å². The van der Waals surface area contributed by atoms with Gasteiger partial charge in [-0.25, -0.2) is 0 Å². The molecule has 3 rings (SSSR count). The van der Waals surface area contributed by atoms with Crippen molar-refractivity contribution in [3.8, 4) is 0 Å². The Hall–Kier alpha value is -2.25. The second-order valence-corrected chi connectivity index (χ2v) is 8.07. The van der Waals surface area contributed by atoms with E-state index in [0.29, 0.717) is 12.8 Å². The van der Waals surface area contributed by atoms with Gasteiger partial charge in [0, 0.05) is 0 Å². The molecule has 7 heteroatoms. The number of nitrogens with zero attached hydrogens (tertiary/aromatic N) is 1. The number of fused-ring (bicyclic) bond motifs is 1. The van der Waals surface area contributed by atoms with E-state index < -0.39 is 35.6 Å². The summed E-state index contributed by atoms with van der Waals surface area (Å²) in [7, 11) is 0. The highest BCUT2D eigenvalue weighted by molar-refractivity contribution is 5.93. The van der Waals surface area contributed by atoms with E-state index in [0.717, 1.165) is 30.4 Å². The minimum atomic E-state index is -1.14. The lowest BCUT2D eigenvalue weighted by molar-refractivity contribution is -0.173. The number of benzene rings is 1. The molecule has 0 amide bonds. The zero-order valence-electron chi connectivity index (χ0n) is 17.1. The van der Waals surface area contributed by atoms with Gasteiger partial charge in [-0.3, -0.25) is 19.3 Å². The van der Waals surface area contributed by atoms with E-state index in [1.807, 2.05) is 24.3 Å². The smallest absolute Gasteiger partial charge is 0.326 e. The van der Waals surface area contributed by atoms with Crippen LogP contribution in [0.3, 0.4) is 0 Å². The number of nitrogens with two attached hydrogens (primary N) is 1. The van der Waals surface area contributed by atoms with Crippen LogP contribution in [-0.2, 0) is 25.5 Å². The molecule has 29 heavy (non-hydrogen) atoms. The van der Waals surface area contributed by atoms with Gasteiger partial charge < -0.3 is 15.6 Å². The van der Waals surface area contributed by atoms with Crippen LogP contribution in [0.1, 0.15) is 63.1 Å². The maximum absolute atomic E-state index is 13.3. The zero-order chi connectivity index (χ0) is 21.2. The molecule has 3 atom stereocenters. The molecule has 1 aromatic carbocycles. The molecule has 2 aliphatic rings. The van der Waals surface area contributed by atoms with Crippen LogP contribution >= 0.6 is 0 Å². The van der Waals surface area contributed by atoms with Gasteiger partial charge in [-0.15, -0.1) is 0 Å². The van der Waals surface area contributed by atoms with E-state index >= 15 is 0 Å². The molecule has 1 saturated carbocycles. The lowest BCUT2D eigenvalue weighted by Gasteiger charge is -2.52. The lowest BCUT2D eigenvalue weighted by Crippen LogP contribution is -2.66. The molecule has 3 unspecified atom stereocenters. The van der Waals surface area contributed by atoms with Crippen LogP contribution in [0.25, 0.3) is 0 Å². The van der Waals surface area contributed by atoms with Gasteiger partial charge in [-0.2, -0.15) is 0 Å². The number of carboxylic acids is 1. The van der Waals surface area contributed by atoms with Crippen LogP contribution in [0.4, 0.5) is 0 Å². The molecule has 1 aliphatic heterocycles. The Bertz CT molecular complexity index is 785. The molecule has 1 heterocycles. The van der Waals surface area contributed by atoms with E-state index in [4.69, 9.17) is 10.5 Å². The minimum absolute atomic E-state index is 0.203. The van der Waals surface area contributed by atoms with E-state index in [-0.39, 0.29) is 18.8 Å². The topological polar surface area (TPSA) is 110 Å². The van der Waals surface area contributed by atoms with Crippen molar-refractivity contribution in [1.29, 1.82) is 0 Å². The minimum Gasteiger partial charge on any atom is -0.480 e. The highest BCUT2D eigenvalue weighted by atomic mass is 16.5. The van der Waals surface area contributed by atoms with Crippen molar-refractivity contribution in [3.05, 3.63) is 35.4 Å². The zero-order valence-corrected chi connectivity index (χ0v) is 17.1. The third-order valence-electron chi connectivity index (χ3n) is 6.21. The number of carbonyl (C=O) groups excluding carboxylic acids is 2. The molecule has 3 N–H and O–H groups in total. The molecule has 0 bridgehead atoms. The lowest BCUT2D eigenvalue weighted by atomic mass is 9.74. The summed E-state index contributed by atoms with van der Waals surface area (Å²) in [6, 6.07) is 4.68. The summed E-state index contributed by atoms with van der Waals surface area (Å²) in [6.07, 6.45) is 3.70. The van der Waals surface area contributed by atoms with Crippen molar-refractivity contribution < 1.29 is 24.2 Å². The normalized spacial score (nSPS) is 24.9. The SMILES string of the molecule is CCOC(=O)C1(N2C(C(=O)O)Cc3ccccc3C2C(=O)C(C)N)CCCCC1. The Morgan fingerprint density at radius 2 is 1.90 bits per heavy atom. The van der Waals surface area contributed by atoms with Crippen molar-refractivity contribution in [2.45, 2.75) is 76.0 Å². The monoisotopic (exact) mass is 402 g/mol. The Morgan fingerprint density at radius 3 is 2.48 bits per heavy atom. The number of hydrogen-bond donors (Lipinski definition) is 2. The van der Waals surface area contributed by atoms with Crippen molar-refractivity contribution in [3.63, 3.8) is 0 Å². The number of rotatable bonds is 6. The molecule has 7 nitrogen and oxygen atoms in total. The average molecular weight is 402 g/mol. The molecule has 0 radical (unpaired) electrons. The number of carbonyl (C=O) groups is 3. The van der Waals surface area contributed by atoms with Crippen LogP contribution in [-0.4, -0.2) is 52.0 Å². The summed E-state index contributed by atoms with van der Waals surface area (Å²) in [5.74, 6) is -1.76. The van der Waals surface area contributed by atoms with Crippen LogP contribution in [0.15, 0.2) is 24.3 Å².